The van der Waals surface area contributed by atoms with E-state index in [0.29, 0.717) is 23.1 Å². The molecule has 0 saturated carbocycles. The number of sulfonamides is 1. The summed E-state index contributed by atoms with van der Waals surface area (Å²) < 4.78 is 25.7. The fraction of sp³-hybridized carbons (Fsp3) is 0.100. The summed E-state index contributed by atoms with van der Waals surface area (Å²) in [6, 6.07) is 32.9. The molecular weight excluding hydrogens is 530 g/mol. The first kappa shape index (κ1) is 25.0. The Morgan fingerprint density at radius 2 is 1.54 bits per heavy atom. The van der Waals surface area contributed by atoms with Gasteiger partial charge in [-0.3, -0.25) is 4.72 Å². The Bertz CT molecular complexity index is 1800. The Kier molecular flexibility index (Phi) is 6.50. The summed E-state index contributed by atoms with van der Waals surface area (Å²) in [6.07, 6.45) is 1.76. The molecule has 0 radical (unpaired) electrons. The van der Waals surface area contributed by atoms with E-state index in [1.54, 1.807) is 12.1 Å². The summed E-state index contributed by atoms with van der Waals surface area (Å²) in [6.45, 7) is 0. The molecule has 6 rings (SSSR count). The predicted molar refractivity (Wildman–Crippen MR) is 158 cm³/mol. The van der Waals surface area contributed by atoms with Gasteiger partial charge >= 0.3 is 0 Å². The third-order valence-electron chi connectivity index (χ3n) is 6.51. The first-order valence-corrected chi connectivity index (χ1v) is 14.6. The summed E-state index contributed by atoms with van der Waals surface area (Å²) in [7, 11) is -3.36. The predicted octanol–water partition coefficient (Wildman–Crippen LogP) is 6.68. The fourth-order valence-corrected chi connectivity index (χ4v) is 5.49. The van der Waals surface area contributed by atoms with Crippen LogP contribution in [0.1, 0.15) is 23.6 Å². The van der Waals surface area contributed by atoms with Gasteiger partial charge in [-0.1, -0.05) is 84.4 Å². The summed E-state index contributed by atoms with van der Waals surface area (Å²) >= 11 is 6.36. The van der Waals surface area contributed by atoms with Crippen LogP contribution in [0, 0.1) is 0 Å². The largest absolute Gasteiger partial charge is 0.284 e. The van der Waals surface area contributed by atoms with E-state index >= 15 is 0 Å². The number of anilines is 2. The van der Waals surface area contributed by atoms with Gasteiger partial charge in [0.1, 0.15) is 0 Å². The summed E-state index contributed by atoms with van der Waals surface area (Å²) in [5.41, 5.74) is 5.86. The van der Waals surface area contributed by atoms with Crippen molar-refractivity contribution in [3.05, 3.63) is 119 Å². The molecule has 194 valence electrons. The van der Waals surface area contributed by atoms with E-state index in [0.717, 1.165) is 45.3 Å². The average molecular weight is 554 g/mol. The molecule has 0 unspecified atom stereocenters. The Morgan fingerprint density at radius 3 is 2.23 bits per heavy atom. The lowest BCUT2D eigenvalue weighted by Gasteiger charge is -2.23. The second kappa shape index (κ2) is 10.1. The molecule has 0 spiro atoms. The number of hydrogen-bond donors (Lipinski definition) is 1. The van der Waals surface area contributed by atoms with Gasteiger partial charge in [-0.2, -0.15) is 5.10 Å². The molecule has 9 heteroatoms. The van der Waals surface area contributed by atoms with Crippen LogP contribution in [0.5, 0.6) is 0 Å². The number of rotatable bonds is 6. The Labute approximate surface area is 231 Å². The molecular formula is C30H24ClN5O2S. The van der Waals surface area contributed by atoms with Crippen LogP contribution in [0.2, 0.25) is 5.02 Å². The highest BCUT2D eigenvalue weighted by Gasteiger charge is 2.32. The number of nitrogens with one attached hydrogen (secondary N) is 1. The lowest BCUT2D eigenvalue weighted by atomic mass is 9.98. The first-order valence-electron chi connectivity index (χ1n) is 12.4. The number of hydrazone groups is 1. The maximum atomic E-state index is 11.6. The molecule has 0 saturated heterocycles. The summed E-state index contributed by atoms with van der Waals surface area (Å²) in [4.78, 5) is 9.94. The van der Waals surface area contributed by atoms with Gasteiger partial charge in [0, 0.05) is 28.1 Å². The van der Waals surface area contributed by atoms with Crippen LogP contribution in [0.3, 0.4) is 0 Å². The molecule has 2 heterocycles. The minimum absolute atomic E-state index is 0.122. The van der Waals surface area contributed by atoms with Gasteiger partial charge in [-0.15, -0.1) is 0 Å². The Morgan fingerprint density at radius 1 is 0.846 bits per heavy atom. The van der Waals surface area contributed by atoms with Gasteiger partial charge < -0.3 is 0 Å². The quantitative estimate of drug-likeness (QED) is 0.253. The topological polar surface area (TPSA) is 87.5 Å². The zero-order valence-corrected chi connectivity index (χ0v) is 22.6. The Hall–Kier alpha value is -4.27. The lowest BCUT2D eigenvalue weighted by molar-refractivity contribution is 0.607. The van der Waals surface area contributed by atoms with E-state index in [1.807, 2.05) is 83.9 Å². The van der Waals surface area contributed by atoms with Crippen molar-refractivity contribution in [2.45, 2.75) is 12.5 Å². The minimum atomic E-state index is -3.36. The van der Waals surface area contributed by atoms with Gasteiger partial charge in [-0.25, -0.2) is 23.4 Å². The molecule has 5 aromatic rings. The molecule has 0 aliphatic carbocycles. The molecule has 0 bridgehead atoms. The summed E-state index contributed by atoms with van der Waals surface area (Å²) in [5, 5.41) is 8.38. The second-order valence-corrected chi connectivity index (χ2v) is 11.6. The van der Waals surface area contributed by atoms with E-state index in [1.165, 1.54) is 0 Å². The van der Waals surface area contributed by atoms with Gasteiger partial charge in [0.2, 0.25) is 16.0 Å². The first-order chi connectivity index (χ1) is 18.8. The van der Waals surface area contributed by atoms with E-state index < -0.39 is 10.0 Å². The van der Waals surface area contributed by atoms with Crippen LogP contribution in [0.25, 0.3) is 22.2 Å². The van der Waals surface area contributed by atoms with Crippen molar-refractivity contribution in [3.63, 3.8) is 0 Å². The maximum absolute atomic E-state index is 11.6. The minimum Gasteiger partial charge on any atom is -0.284 e. The van der Waals surface area contributed by atoms with Crippen molar-refractivity contribution in [2.24, 2.45) is 5.10 Å². The van der Waals surface area contributed by atoms with Crippen LogP contribution in [0.15, 0.2) is 108 Å². The number of fused-ring (bicyclic) bond motifs is 1. The zero-order chi connectivity index (χ0) is 27.0. The van der Waals surface area contributed by atoms with Crippen LogP contribution < -0.4 is 9.73 Å². The fourth-order valence-electron chi connectivity index (χ4n) is 4.76. The van der Waals surface area contributed by atoms with Gasteiger partial charge in [-0.05, 0) is 41.5 Å². The maximum Gasteiger partial charge on any atom is 0.247 e. The van der Waals surface area contributed by atoms with E-state index in [2.05, 4.69) is 16.9 Å². The molecule has 1 atom stereocenters. The van der Waals surface area contributed by atoms with Crippen molar-refractivity contribution in [1.82, 2.24) is 9.97 Å². The van der Waals surface area contributed by atoms with Crippen molar-refractivity contribution in [2.75, 3.05) is 16.0 Å². The molecule has 7 nitrogen and oxygen atoms in total. The monoisotopic (exact) mass is 553 g/mol. The number of benzene rings is 4. The van der Waals surface area contributed by atoms with Gasteiger partial charge in [0.05, 0.1) is 29.2 Å². The highest BCUT2D eigenvalue weighted by Crippen LogP contribution is 2.38. The number of hydrogen-bond acceptors (Lipinski definition) is 6. The molecule has 1 aliphatic rings. The summed E-state index contributed by atoms with van der Waals surface area (Å²) in [5.74, 6) is 0.489. The van der Waals surface area contributed by atoms with Crippen molar-refractivity contribution >= 4 is 49.9 Å². The van der Waals surface area contributed by atoms with Crippen molar-refractivity contribution in [1.29, 1.82) is 0 Å². The van der Waals surface area contributed by atoms with Crippen LogP contribution in [-0.2, 0) is 10.0 Å². The molecule has 0 amide bonds. The van der Waals surface area contributed by atoms with Crippen molar-refractivity contribution < 1.29 is 8.42 Å². The van der Waals surface area contributed by atoms with Crippen LogP contribution >= 0.6 is 11.6 Å². The molecule has 1 aliphatic heterocycles. The van der Waals surface area contributed by atoms with Gasteiger partial charge in [0.15, 0.2) is 0 Å². The third kappa shape index (κ3) is 5.34. The third-order valence-corrected chi connectivity index (χ3v) is 7.36. The molecule has 39 heavy (non-hydrogen) atoms. The van der Waals surface area contributed by atoms with Crippen LogP contribution in [0.4, 0.5) is 11.6 Å². The normalized spacial score (nSPS) is 15.4. The number of aromatic nitrogens is 2. The molecule has 4 aromatic carbocycles. The molecule has 1 N–H and O–H groups in total. The van der Waals surface area contributed by atoms with E-state index in [-0.39, 0.29) is 6.04 Å². The van der Waals surface area contributed by atoms with E-state index in [4.69, 9.17) is 26.7 Å². The molecule has 0 fully saturated rings. The second-order valence-electron chi connectivity index (χ2n) is 9.37. The van der Waals surface area contributed by atoms with Gasteiger partial charge in [0.25, 0.3) is 0 Å². The molecule has 1 aromatic heterocycles. The highest BCUT2D eigenvalue weighted by molar-refractivity contribution is 7.92. The number of halogens is 1. The Balaban J connectivity index is 1.47. The zero-order valence-electron chi connectivity index (χ0n) is 21.0. The van der Waals surface area contributed by atoms with Crippen LogP contribution in [-0.4, -0.2) is 30.4 Å². The highest BCUT2D eigenvalue weighted by atomic mass is 35.5. The number of nitrogens with zero attached hydrogens (tertiary/aromatic N) is 4. The standard InChI is InChI=1S/C30H24ClN5O2S/c1-39(37,38)35-24-15-12-20(13-16-24)27-19-28(21-8-4-2-5-9-21)36(34-27)30-32-26-17-14-23(31)18-25(26)29(33-30)22-10-6-3-7-11-22/h2-18,28,35H,19H2,1H3/t28-/m0/s1. The SMILES string of the molecule is CS(=O)(=O)Nc1ccc(C2=NN(c3nc(-c4ccccc4)c4cc(Cl)ccc4n3)[C@H](c3ccccc3)C2)cc1. The van der Waals surface area contributed by atoms with E-state index in [9.17, 15) is 8.42 Å². The lowest BCUT2D eigenvalue weighted by Crippen LogP contribution is -2.21. The average Bonchev–Trinajstić information content (AvgIpc) is 3.39. The van der Waals surface area contributed by atoms with Crippen molar-refractivity contribution in [3.8, 4) is 11.3 Å². The smallest absolute Gasteiger partial charge is 0.247 e.